The third kappa shape index (κ3) is 1.74. The van der Waals surface area contributed by atoms with Crippen molar-refractivity contribution in [3.63, 3.8) is 0 Å². The van der Waals surface area contributed by atoms with Crippen molar-refractivity contribution in [3.8, 4) is 0 Å². The van der Waals surface area contributed by atoms with Crippen LogP contribution in [0, 0.1) is 0 Å². The second-order valence-electron chi connectivity index (χ2n) is 6.29. The van der Waals surface area contributed by atoms with Gasteiger partial charge in [-0.05, 0) is 49.2 Å². The van der Waals surface area contributed by atoms with Crippen molar-refractivity contribution in [1.82, 2.24) is 9.80 Å². The Balaban J connectivity index is 1.63. The van der Waals surface area contributed by atoms with Gasteiger partial charge in [0, 0.05) is 37.1 Å². The van der Waals surface area contributed by atoms with Crippen LogP contribution < -0.4 is 5.73 Å². The number of hydrogen-bond acceptors (Lipinski definition) is 4. The lowest BCUT2D eigenvalue weighted by atomic mass is 9.85. The molecular weight excluding hydrogens is 254 g/mol. The van der Waals surface area contributed by atoms with Gasteiger partial charge in [-0.1, -0.05) is 0 Å². The second kappa shape index (κ2) is 4.55. The smallest absolute Gasteiger partial charge is 0.0502 e. The summed E-state index contributed by atoms with van der Waals surface area (Å²) in [6.45, 7) is 5.71. The number of rotatable bonds is 2. The summed E-state index contributed by atoms with van der Waals surface area (Å²) in [4.78, 5) is 7.01. The second-order valence-corrected chi connectivity index (χ2v) is 7.29. The Bertz CT molecular complexity index is 472. The van der Waals surface area contributed by atoms with Crippen LogP contribution in [0.3, 0.4) is 0 Å². The van der Waals surface area contributed by atoms with Crippen LogP contribution in [0.1, 0.15) is 29.7 Å². The van der Waals surface area contributed by atoms with E-state index in [0.29, 0.717) is 0 Å². The quantitative estimate of drug-likeness (QED) is 0.892. The molecule has 1 aromatic heterocycles. The molecule has 0 saturated carbocycles. The van der Waals surface area contributed by atoms with Crippen molar-refractivity contribution in [1.29, 1.82) is 0 Å². The highest BCUT2D eigenvalue weighted by Gasteiger charge is 2.51. The van der Waals surface area contributed by atoms with Crippen LogP contribution in [0.4, 0.5) is 0 Å². The molecule has 0 amide bonds. The molecule has 104 valence electrons. The normalized spacial score (nSPS) is 35.5. The standard InChI is InChI=1S/C15H23N3S/c16-11-15(5-8-17-6-1-2-14(15)17)18-7-3-13-12(10-18)4-9-19-13/h4,9,14H,1-3,5-8,10-11,16H2. The number of nitrogens with two attached hydrogens (primary N) is 1. The van der Waals surface area contributed by atoms with Crippen LogP contribution in [0.5, 0.6) is 0 Å². The Morgan fingerprint density at radius 2 is 2.32 bits per heavy atom. The molecule has 4 heteroatoms. The minimum Gasteiger partial charge on any atom is -0.329 e. The molecule has 3 aliphatic heterocycles. The molecule has 2 N–H and O–H groups in total. The Labute approximate surface area is 119 Å². The average molecular weight is 277 g/mol. The van der Waals surface area contributed by atoms with Gasteiger partial charge in [0.15, 0.2) is 0 Å². The van der Waals surface area contributed by atoms with E-state index in [1.54, 1.807) is 10.4 Å². The highest BCUT2D eigenvalue weighted by Crippen LogP contribution is 2.42. The molecule has 2 unspecified atom stereocenters. The fraction of sp³-hybridized carbons (Fsp3) is 0.733. The van der Waals surface area contributed by atoms with Gasteiger partial charge in [-0.2, -0.15) is 0 Å². The van der Waals surface area contributed by atoms with Gasteiger partial charge < -0.3 is 5.73 Å². The molecular formula is C15H23N3S. The van der Waals surface area contributed by atoms with Gasteiger partial charge in [-0.25, -0.2) is 0 Å². The van der Waals surface area contributed by atoms with E-state index in [-0.39, 0.29) is 5.54 Å². The van der Waals surface area contributed by atoms with Gasteiger partial charge in [0.2, 0.25) is 0 Å². The molecule has 0 spiro atoms. The first-order valence-electron chi connectivity index (χ1n) is 7.58. The van der Waals surface area contributed by atoms with Gasteiger partial charge >= 0.3 is 0 Å². The third-order valence-corrected chi connectivity index (χ3v) is 6.63. The first-order valence-corrected chi connectivity index (χ1v) is 8.46. The predicted molar refractivity (Wildman–Crippen MR) is 79.4 cm³/mol. The summed E-state index contributed by atoms with van der Waals surface area (Å²) in [6, 6.07) is 3.04. The Morgan fingerprint density at radius 3 is 3.21 bits per heavy atom. The van der Waals surface area contributed by atoms with Crippen molar-refractivity contribution >= 4 is 11.3 Å². The minimum absolute atomic E-state index is 0.260. The third-order valence-electron chi connectivity index (χ3n) is 5.61. The summed E-state index contributed by atoms with van der Waals surface area (Å²) in [6.07, 6.45) is 5.21. The van der Waals surface area contributed by atoms with Crippen molar-refractivity contribution < 1.29 is 0 Å². The van der Waals surface area contributed by atoms with Crippen LogP contribution in [0.15, 0.2) is 11.4 Å². The van der Waals surface area contributed by atoms with E-state index < -0.39 is 0 Å². The highest BCUT2D eigenvalue weighted by molar-refractivity contribution is 7.10. The number of thiophene rings is 1. The first kappa shape index (κ1) is 12.3. The van der Waals surface area contributed by atoms with Crippen LogP contribution in [-0.4, -0.2) is 47.6 Å². The molecule has 3 nitrogen and oxygen atoms in total. The van der Waals surface area contributed by atoms with Crippen molar-refractivity contribution in [2.45, 2.75) is 43.8 Å². The molecule has 2 fully saturated rings. The molecule has 4 heterocycles. The van der Waals surface area contributed by atoms with Gasteiger partial charge in [0.25, 0.3) is 0 Å². The van der Waals surface area contributed by atoms with E-state index in [0.717, 1.165) is 19.1 Å². The Kier molecular flexibility index (Phi) is 2.95. The van der Waals surface area contributed by atoms with E-state index in [2.05, 4.69) is 21.2 Å². The van der Waals surface area contributed by atoms with Gasteiger partial charge in [0.05, 0.1) is 5.54 Å². The molecule has 0 aromatic carbocycles. The molecule has 4 rings (SSSR count). The Morgan fingerprint density at radius 1 is 1.37 bits per heavy atom. The first-order chi connectivity index (χ1) is 9.33. The van der Waals surface area contributed by atoms with Gasteiger partial charge in [-0.3, -0.25) is 9.80 Å². The van der Waals surface area contributed by atoms with Crippen molar-refractivity contribution in [2.24, 2.45) is 5.73 Å². The Hall–Kier alpha value is -0.420. The summed E-state index contributed by atoms with van der Waals surface area (Å²) in [5.41, 5.74) is 8.10. The monoisotopic (exact) mass is 277 g/mol. The topological polar surface area (TPSA) is 32.5 Å². The fourth-order valence-corrected chi connectivity index (χ4v) is 5.46. The lowest BCUT2D eigenvalue weighted by Crippen LogP contribution is -2.60. The molecule has 2 saturated heterocycles. The molecule has 0 aliphatic carbocycles. The van der Waals surface area contributed by atoms with E-state index in [9.17, 15) is 0 Å². The van der Waals surface area contributed by atoms with Crippen LogP contribution >= 0.6 is 11.3 Å². The van der Waals surface area contributed by atoms with E-state index in [1.807, 2.05) is 11.3 Å². The number of hydrogen-bond donors (Lipinski definition) is 1. The van der Waals surface area contributed by atoms with Crippen molar-refractivity contribution in [3.05, 3.63) is 21.9 Å². The average Bonchev–Trinajstić information content (AvgIpc) is 3.14. The number of fused-ring (bicyclic) bond motifs is 2. The van der Waals surface area contributed by atoms with Crippen molar-refractivity contribution in [2.75, 3.05) is 26.2 Å². The largest absolute Gasteiger partial charge is 0.329 e. The SMILES string of the molecule is NCC1(N2CCc3sccc3C2)CCN2CCCC21. The van der Waals surface area contributed by atoms with Gasteiger partial charge in [-0.15, -0.1) is 11.3 Å². The summed E-state index contributed by atoms with van der Waals surface area (Å²) in [7, 11) is 0. The fourth-order valence-electron chi connectivity index (χ4n) is 4.57. The zero-order chi connectivity index (χ0) is 12.9. The molecule has 3 aliphatic rings. The molecule has 1 aromatic rings. The predicted octanol–water partition coefficient (Wildman–Crippen LogP) is 1.67. The zero-order valence-electron chi connectivity index (χ0n) is 11.5. The molecule has 0 radical (unpaired) electrons. The van der Waals surface area contributed by atoms with Crippen LogP contribution in [0.25, 0.3) is 0 Å². The summed E-state index contributed by atoms with van der Waals surface area (Å²) in [5.74, 6) is 0. The number of nitrogens with zero attached hydrogens (tertiary/aromatic N) is 2. The zero-order valence-corrected chi connectivity index (χ0v) is 12.3. The summed E-state index contributed by atoms with van der Waals surface area (Å²) < 4.78 is 0. The van der Waals surface area contributed by atoms with E-state index in [4.69, 9.17) is 5.73 Å². The van der Waals surface area contributed by atoms with Crippen LogP contribution in [-0.2, 0) is 13.0 Å². The summed E-state index contributed by atoms with van der Waals surface area (Å²) >= 11 is 1.93. The lowest BCUT2D eigenvalue weighted by Gasteiger charge is -2.46. The van der Waals surface area contributed by atoms with E-state index >= 15 is 0 Å². The lowest BCUT2D eigenvalue weighted by molar-refractivity contribution is 0.0534. The van der Waals surface area contributed by atoms with Gasteiger partial charge in [0.1, 0.15) is 0 Å². The maximum absolute atomic E-state index is 6.29. The van der Waals surface area contributed by atoms with E-state index in [1.165, 1.54) is 45.3 Å². The highest BCUT2D eigenvalue weighted by atomic mass is 32.1. The molecule has 19 heavy (non-hydrogen) atoms. The maximum atomic E-state index is 6.29. The van der Waals surface area contributed by atoms with Crippen LogP contribution in [0.2, 0.25) is 0 Å². The minimum atomic E-state index is 0.260. The summed E-state index contributed by atoms with van der Waals surface area (Å²) in [5, 5.41) is 2.25. The maximum Gasteiger partial charge on any atom is 0.0502 e. The molecule has 2 atom stereocenters. The molecule has 0 bridgehead atoms.